The van der Waals surface area contributed by atoms with Crippen molar-refractivity contribution in [3.8, 4) is 5.75 Å². The molecule has 0 saturated heterocycles. The van der Waals surface area contributed by atoms with E-state index in [9.17, 15) is 0 Å². The normalized spacial score (nSPS) is 14.6. The third-order valence-corrected chi connectivity index (χ3v) is 5.04. The number of para-hydroxylation sites is 1. The number of benzene rings is 1. The highest BCUT2D eigenvalue weighted by atomic mass is 127. The minimum absolute atomic E-state index is 0. The van der Waals surface area contributed by atoms with Crippen LogP contribution in [-0.2, 0) is 13.6 Å². The highest BCUT2D eigenvalue weighted by Gasteiger charge is 2.18. The average Bonchev–Trinajstić information content (AvgIpc) is 3.30. The highest BCUT2D eigenvalue weighted by Crippen LogP contribution is 2.18. The Hall–Kier alpha value is -1.84. The van der Waals surface area contributed by atoms with Crippen LogP contribution in [0.4, 0.5) is 0 Å². The zero-order chi connectivity index (χ0) is 19.1. The van der Waals surface area contributed by atoms with E-state index in [2.05, 4.69) is 27.5 Å². The minimum Gasteiger partial charge on any atom is -0.492 e. The summed E-state index contributed by atoms with van der Waals surface area (Å²) in [6.45, 7) is 3.82. The summed E-state index contributed by atoms with van der Waals surface area (Å²) < 4.78 is 7.81. The van der Waals surface area contributed by atoms with Gasteiger partial charge in [-0.3, -0.25) is 0 Å². The lowest BCUT2D eigenvalue weighted by molar-refractivity contribution is 0.280. The maximum atomic E-state index is 5.83. The van der Waals surface area contributed by atoms with E-state index in [0.717, 1.165) is 29.9 Å². The molecule has 0 spiro atoms. The number of nitrogens with zero attached hydrogens (tertiary/aromatic N) is 5. The predicted molar refractivity (Wildman–Crippen MR) is 122 cm³/mol. The van der Waals surface area contributed by atoms with E-state index < -0.39 is 0 Å². The number of aliphatic imine (C=N–C) groups is 1. The van der Waals surface area contributed by atoms with Crippen molar-refractivity contribution >= 4 is 29.9 Å². The molecule has 0 radical (unpaired) electrons. The Bertz CT molecular complexity index is 742. The van der Waals surface area contributed by atoms with Crippen molar-refractivity contribution in [2.24, 2.45) is 12.0 Å². The molecule has 0 unspecified atom stereocenters. The van der Waals surface area contributed by atoms with Gasteiger partial charge in [0.05, 0.1) is 6.54 Å². The Labute approximate surface area is 184 Å². The molecule has 8 heteroatoms. The number of halogens is 1. The molecule has 1 aromatic carbocycles. The first-order valence-electron chi connectivity index (χ1n) is 9.68. The second-order valence-electron chi connectivity index (χ2n) is 7.07. The molecular formula is C20H31IN6O. The first-order valence-corrected chi connectivity index (χ1v) is 9.68. The van der Waals surface area contributed by atoms with Gasteiger partial charge in [0.25, 0.3) is 0 Å². The van der Waals surface area contributed by atoms with Gasteiger partial charge in [-0.2, -0.15) is 0 Å². The number of aryl methyl sites for hydroxylation is 1. The molecule has 2 aromatic rings. The van der Waals surface area contributed by atoms with Gasteiger partial charge in [0.1, 0.15) is 24.7 Å². The number of ether oxygens (including phenoxy) is 1. The molecular weight excluding hydrogens is 467 g/mol. The smallest absolute Gasteiger partial charge is 0.194 e. The average molecular weight is 498 g/mol. The molecule has 1 heterocycles. The molecule has 28 heavy (non-hydrogen) atoms. The molecule has 0 amide bonds. The fraction of sp³-hybridized carbons (Fsp3) is 0.550. The monoisotopic (exact) mass is 498 g/mol. The molecule has 1 aliphatic rings. The zero-order valence-corrected chi connectivity index (χ0v) is 19.3. The predicted octanol–water partition coefficient (Wildman–Crippen LogP) is 3.14. The van der Waals surface area contributed by atoms with Crippen molar-refractivity contribution in [2.45, 2.75) is 45.2 Å². The lowest BCUT2D eigenvalue weighted by Crippen LogP contribution is -2.44. The van der Waals surface area contributed by atoms with Crippen molar-refractivity contribution in [3.05, 3.63) is 42.0 Å². The molecule has 1 aliphatic carbocycles. The lowest BCUT2D eigenvalue weighted by Gasteiger charge is -2.25. The van der Waals surface area contributed by atoms with Crippen LogP contribution in [0.2, 0.25) is 0 Å². The molecule has 1 fully saturated rings. The maximum Gasteiger partial charge on any atom is 0.194 e. The van der Waals surface area contributed by atoms with Crippen molar-refractivity contribution in [2.75, 3.05) is 20.2 Å². The van der Waals surface area contributed by atoms with E-state index in [4.69, 9.17) is 9.73 Å². The van der Waals surface area contributed by atoms with E-state index in [1.807, 2.05) is 48.9 Å². The number of hydrogen-bond donors (Lipinski definition) is 1. The SMILES string of the molecule is Cc1nnc(CN=C(NC2CCCC2)N(C)CCOc2ccccc2)n1C.I. The van der Waals surface area contributed by atoms with E-state index >= 15 is 0 Å². The third-order valence-electron chi connectivity index (χ3n) is 5.04. The van der Waals surface area contributed by atoms with E-state index in [1.165, 1.54) is 25.7 Å². The summed E-state index contributed by atoms with van der Waals surface area (Å²) in [6.07, 6.45) is 4.98. The van der Waals surface area contributed by atoms with Crippen LogP contribution in [-0.4, -0.2) is 51.9 Å². The fourth-order valence-corrected chi connectivity index (χ4v) is 3.19. The number of likely N-dealkylation sites (N-methyl/N-ethyl adjacent to an activating group) is 1. The zero-order valence-electron chi connectivity index (χ0n) is 17.0. The van der Waals surface area contributed by atoms with Crippen LogP contribution in [0.5, 0.6) is 5.75 Å². The standard InChI is InChI=1S/C20H30N6O.HI/c1-16-23-24-19(26(16)3)15-21-20(22-17-9-7-8-10-17)25(2)13-14-27-18-11-5-4-6-12-18;/h4-6,11-12,17H,7-10,13-15H2,1-3H3,(H,21,22);1H. The second-order valence-corrected chi connectivity index (χ2v) is 7.07. The largest absolute Gasteiger partial charge is 0.492 e. The van der Waals surface area contributed by atoms with E-state index in [1.54, 1.807) is 0 Å². The Morgan fingerprint density at radius 2 is 1.96 bits per heavy atom. The number of nitrogens with one attached hydrogen (secondary N) is 1. The number of aromatic nitrogens is 3. The van der Waals surface area contributed by atoms with E-state index in [-0.39, 0.29) is 24.0 Å². The van der Waals surface area contributed by atoms with Gasteiger partial charge in [-0.1, -0.05) is 31.0 Å². The van der Waals surface area contributed by atoms with Crippen LogP contribution in [0.25, 0.3) is 0 Å². The molecule has 154 valence electrons. The van der Waals surface area contributed by atoms with Crippen molar-refractivity contribution < 1.29 is 4.74 Å². The van der Waals surface area contributed by atoms with Crippen LogP contribution >= 0.6 is 24.0 Å². The first-order chi connectivity index (χ1) is 13.1. The summed E-state index contributed by atoms with van der Waals surface area (Å²) in [7, 11) is 4.03. The Kier molecular flexibility index (Phi) is 9.01. The van der Waals surface area contributed by atoms with Gasteiger partial charge >= 0.3 is 0 Å². The molecule has 0 atom stereocenters. The van der Waals surface area contributed by atoms with Crippen LogP contribution < -0.4 is 10.1 Å². The summed E-state index contributed by atoms with van der Waals surface area (Å²) in [6, 6.07) is 10.4. The van der Waals surface area contributed by atoms with Crippen LogP contribution in [0, 0.1) is 6.92 Å². The number of guanidine groups is 1. The highest BCUT2D eigenvalue weighted by molar-refractivity contribution is 14.0. The van der Waals surface area contributed by atoms with Gasteiger partial charge < -0.3 is 19.5 Å². The van der Waals surface area contributed by atoms with Gasteiger partial charge in [-0.25, -0.2) is 4.99 Å². The maximum absolute atomic E-state index is 5.83. The van der Waals surface area contributed by atoms with Crippen LogP contribution in [0.15, 0.2) is 35.3 Å². The molecule has 3 rings (SSSR count). The summed E-state index contributed by atoms with van der Waals surface area (Å²) in [5.74, 6) is 3.56. The van der Waals surface area contributed by atoms with E-state index in [0.29, 0.717) is 19.2 Å². The Morgan fingerprint density at radius 1 is 1.25 bits per heavy atom. The molecule has 0 aliphatic heterocycles. The summed E-state index contributed by atoms with van der Waals surface area (Å²) in [4.78, 5) is 6.94. The van der Waals surface area contributed by atoms with Gasteiger partial charge in [0.15, 0.2) is 11.8 Å². The summed E-state index contributed by atoms with van der Waals surface area (Å²) in [5, 5.41) is 12.0. The van der Waals surface area contributed by atoms with Gasteiger partial charge in [-0.05, 0) is 31.9 Å². The lowest BCUT2D eigenvalue weighted by atomic mass is 10.2. The molecule has 1 aromatic heterocycles. The number of hydrogen-bond acceptors (Lipinski definition) is 4. The fourth-order valence-electron chi connectivity index (χ4n) is 3.19. The third kappa shape index (κ3) is 6.35. The second kappa shape index (κ2) is 11.2. The van der Waals surface area contributed by atoms with Crippen molar-refractivity contribution in [3.63, 3.8) is 0 Å². The van der Waals surface area contributed by atoms with Crippen molar-refractivity contribution in [1.29, 1.82) is 0 Å². The van der Waals surface area contributed by atoms with Gasteiger partial charge in [0.2, 0.25) is 0 Å². The van der Waals surface area contributed by atoms with Gasteiger partial charge in [-0.15, -0.1) is 34.2 Å². The molecule has 1 saturated carbocycles. The quantitative estimate of drug-likeness (QED) is 0.361. The number of rotatable bonds is 7. The Morgan fingerprint density at radius 3 is 2.61 bits per heavy atom. The topological polar surface area (TPSA) is 67.6 Å². The van der Waals surface area contributed by atoms with Crippen LogP contribution in [0.3, 0.4) is 0 Å². The minimum atomic E-state index is 0. The first kappa shape index (κ1) is 22.4. The molecule has 1 N–H and O–H groups in total. The van der Waals surface area contributed by atoms with Crippen molar-refractivity contribution in [1.82, 2.24) is 25.0 Å². The summed E-state index contributed by atoms with van der Waals surface area (Å²) >= 11 is 0. The molecule has 7 nitrogen and oxygen atoms in total. The summed E-state index contributed by atoms with van der Waals surface area (Å²) in [5.41, 5.74) is 0. The van der Waals surface area contributed by atoms with Crippen LogP contribution in [0.1, 0.15) is 37.3 Å². The van der Waals surface area contributed by atoms with Gasteiger partial charge in [0, 0.05) is 20.1 Å². The Balaban J connectivity index is 0.00000280. The molecule has 0 bridgehead atoms.